The van der Waals surface area contributed by atoms with E-state index in [2.05, 4.69) is 20.5 Å². The molecule has 0 bridgehead atoms. The van der Waals surface area contributed by atoms with Crippen molar-refractivity contribution in [1.82, 2.24) is 15.5 Å². The molecule has 2 fully saturated rings. The highest BCUT2D eigenvalue weighted by Crippen LogP contribution is 2.33. The van der Waals surface area contributed by atoms with Crippen molar-refractivity contribution in [3.05, 3.63) is 24.2 Å². The molecular weight excluding hydrogens is 304 g/mol. The molecule has 0 unspecified atom stereocenters. The van der Waals surface area contributed by atoms with Crippen molar-refractivity contribution in [3.63, 3.8) is 0 Å². The van der Waals surface area contributed by atoms with E-state index in [1.165, 1.54) is 32.1 Å². The van der Waals surface area contributed by atoms with Gasteiger partial charge in [0.2, 0.25) is 0 Å². The van der Waals surface area contributed by atoms with E-state index in [1.807, 2.05) is 13.1 Å². The minimum absolute atomic E-state index is 0.245. The highest BCUT2D eigenvalue weighted by Gasteiger charge is 2.38. The third-order valence-corrected chi connectivity index (χ3v) is 5.31. The fourth-order valence-corrected chi connectivity index (χ4v) is 3.90. The average molecular weight is 334 g/mol. The van der Waals surface area contributed by atoms with Crippen LogP contribution in [-0.4, -0.2) is 56.3 Å². The Morgan fingerprint density at radius 2 is 2.00 bits per heavy atom. The molecule has 2 aliphatic rings. The summed E-state index contributed by atoms with van der Waals surface area (Å²) in [4.78, 5) is 7.01. The Kier molecular flexibility index (Phi) is 6.15. The molecule has 1 saturated carbocycles. The molecule has 24 heavy (non-hydrogen) atoms. The van der Waals surface area contributed by atoms with Gasteiger partial charge in [0, 0.05) is 44.3 Å². The zero-order valence-electron chi connectivity index (χ0n) is 14.7. The number of rotatable bonds is 5. The number of aliphatic imine (C=N–C) groups is 1. The Bertz CT molecular complexity index is 503. The molecule has 0 atom stereocenters. The molecule has 0 amide bonds. The molecule has 2 heterocycles. The third kappa shape index (κ3) is 4.30. The van der Waals surface area contributed by atoms with Crippen LogP contribution < -0.4 is 10.6 Å². The van der Waals surface area contributed by atoms with Crippen LogP contribution in [0.2, 0.25) is 0 Å². The summed E-state index contributed by atoms with van der Waals surface area (Å²) in [6, 6.07) is 1.97. The van der Waals surface area contributed by atoms with E-state index in [1.54, 1.807) is 12.5 Å². The van der Waals surface area contributed by atoms with Gasteiger partial charge >= 0.3 is 0 Å². The molecule has 1 aliphatic heterocycles. The van der Waals surface area contributed by atoms with Gasteiger partial charge in [0.1, 0.15) is 0 Å². The monoisotopic (exact) mass is 334 g/mol. The second kappa shape index (κ2) is 8.53. The largest absolute Gasteiger partial charge is 0.472 e. The summed E-state index contributed by atoms with van der Waals surface area (Å²) >= 11 is 0. The lowest BCUT2D eigenvalue weighted by Gasteiger charge is -2.48. The molecule has 6 nitrogen and oxygen atoms in total. The first kappa shape index (κ1) is 17.3. The van der Waals surface area contributed by atoms with Gasteiger partial charge in [0.15, 0.2) is 5.96 Å². The Labute approximate surface area is 144 Å². The first-order valence-electron chi connectivity index (χ1n) is 9.11. The van der Waals surface area contributed by atoms with Crippen molar-refractivity contribution >= 4 is 5.96 Å². The van der Waals surface area contributed by atoms with Crippen LogP contribution in [0.5, 0.6) is 0 Å². The van der Waals surface area contributed by atoms with Crippen molar-refractivity contribution in [1.29, 1.82) is 0 Å². The standard InChI is InChI=1S/C18H30N4O2/c1-19-17(20-13-16-5-10-24-14-16)21-15-18(6-3-2-4-7-18)22-8-11-23-12-9-22/h5,10,14H,2-4,6-9,11-13,15H2,1H3,(H2,19,20,21). The van der Waals surface area contributed by atoms with E-state index in [4.69, 9.17) is 9.15 Å². The molecule has 6 heteroatoms. The average Bonchev–Trinajstić information content (AvgIpc) is 3.17. The molecular formula is C18H30N4O2. The van der Waals surface area contributed by atoms with Crippen molar-refractivity contribution in [2.24, 2.45) is 4.99 Å². The fourth-order valence-electron chi connectivity index (χ4n) is 3.90. The molecule has 1 aromatic heterocycles. The second-order valence-electron chi connectivity index (χ2n) is 6.80. The summed E-state index contributed by atoms with van der Waals surface area (Å²) < 4.78 is 10.7. The molecule has 0 aromatic carbocycles. The van der Waals surface area contributed by atoms with E-state index < -0.39 is 0 Å². The summed E-state index contributed by atoms with van der Waals surface area (Å²) in [5, 5.41) is 6.93. The van der Waals surface area contributed by atoms with E-state index in [-0.39, 0.29) is 5.54 Å². The molecule has 0 radical (unpaired) electrons. The molecule has 0 spiro atoms. The van der Waals surface area contributed by atoms with Crippen LogP contribution in [0, 0.1) is 0 Å². The van der Waals surface area contributed by atoms with Gasteiger partial charge in [-0.25, -0.2) is 0 Å². The zero-order valence-corrected chi connectivity index (χ0v) is 14.7. The molecule has 1 aliphatic carbocycles. The molecule has 3 rings (SSSR count). The van der Waals surface area contributed by atoms with Gasteiger partial charge in [-0.15, -0.1) is 0 Å². The van der Waals surface area contributed by atoms with Crippen LogP contribution in [0.4, 0.5) is 0 Å². The number of furan rings is 1. The number of ether oxygens (including phenoxy) is 1. The molecule has 2 N–H and O–H groups in total. The first-order valence-corrected chi connectivity index (χ1v) is 9.11. The van der Waals surface area contributed by atoms with Gasteiger partial charge in [0.25, 0.3) is 0 Å². The van der Waals surface area contributed by atoms with E-state index >= 15 is 0 Å². The summed E-state index contributed by atoms with van der Waals surface area (Å²) in [5.74, 6) is 0.856. The summed E-state index contributed by atoms with van der Waals surface area (Å²) in [5.41, 5.74) is 1.37. The van der Waals surface area contributed by atoms with Crippen LogP contribution in [0.25, 0.3) is 0 Å². The number of hydrogen-bond acceptors (Lipinski definition) is 4. The minimum Gasteiger partial charge on any atom is -0.472 e. The summed E-state index contributed by atoms with van der Waals surface area (Å²) in [6.45, 7) is 5.47. The summed E-state index contributed by atoms with van der Waals surface area (Å²) in [6.07, 6.45) is 9.98. The third-order valence-electron chi connectivity index (χ3n) is 5.31. The van der Waals surface area contributed by atoms with Crippen LogP contribution in [0.3, 0.4) is 0 Å². The maximum atomic E-state index is 5.56. The number of morpholine rings is 1. The minimum atomic E-state index is 0.245. The highest BCUT2D eigenvalue weighted by atomic mass is 16.5. The Balaban J connectivity index is 1.57. The summed E-state index contributed by atoms with van der Waals surface area (Å²) in [7, 11) is 1.83. The lowest BCUT2D eigenvalue weighted by atomic mass is 9.80. The van der Waals surface area contributed by atoms with E-state index in [0.717, 1.165) is 50.9 Å². The van der Waals surface area contributed by atoms with Crippen LogP contribution in [0.15, 0.2) is 28.0 Å². The molecule has 1 saturated heterocycles. The number of nitrogens with one attached hydrogen (secondary N) is 2. The van der Waals surface area contributed by atoms with Crippen molar-refractivity contribution in [2.75, 3.05) is 39.9 Å². The first-order chi connectivity index (χ1) is 11.8. The molecule has 134 valence electrons. The number of nitrogens with zero attached hydrogens (tertiary/aromatic N) is 2. The fraction of sp³-hybridized carbons (Fsp3) is 0.722. The van der Waals surface area contributed by atoms with Crippen molar-refractivity contribution < 1.29 is 9.15 Å². The zero-order chi connectivity index (χ0) is 16.7. The van der Waals surface area contributed by atoms with Crippen LogP contribution >= 0.6 is 0 Å². The highest BCUT2D eigenvalue weighted by molar-refractivity contribution is 5.79. The second-order valence-corrected chi connectivity index (χ2v) is 6.80. The van der Waals surface area contributed by atoms with Gasteiger partial charge in [-0.2, -0.15) is 0 Å². The predicted molar refractivity (Wildman–Crippen MR) is 95.1 cm³/mol. The number of hydrogen-bond donors (Lipinski definition) is 2. The normalized spacial score (nSPS) is 22.3. The Morgan fingerprint density at radius 3 is 2.67 bits per heavy atom. The van der Waals surface area contributed by atoms with E-state index in [9.17, 15) is 0 Å². The van der Waals surface area contributed by atoms with Crippen molar-refractivity contribution in [3.8, 4) is 0 Å². The lowest BCUT2D eigenvalue weighted by molar-refractivity contribution is -0.0352. The SMILES string of the molecule is CN=C(NCc1ccoc1)NCC1(N2CCOCC2)CCCCC1. The maximum Gasteiger partial charge on any atom is 0.191 e. The Hall–Kier alpha value is -1.53. The topological polar surface area (TPSA) is 62.0 Å². The van der Waals surface area contributed by atoms with Gasteiger partial charge < -0.3 is 19.8 Å². The van der Waals surface area contributed by atoms with Gasteiger partial charge in [-0.05, 0) is 18.9 Å². The predicted octanol–water partition coefficient (Wildman–Crippen LogP) is 1.98. The van der Waals surface area contributed by atoms with Gasteiger partial charge in [-0.1, -0.05) is 19.3 Å². The smallest absolute Gasteiger partial charge is 0.191 e. The lowest BCUT2D eigenvalue weighted by Crippen LogP contribution is -2.60. The van der Waals surface area contributed by atoms with Crippen LogP contribution in [0.1, 0.15) is 37.7 Å². The van der Waals surface area contributed by atoms with Gasteiger partial charge in [-0.3, -0.25) is 9.89 Å². The van der Waals surface area contributed by atoms with Crippen LogP contribution in [-0.2, 0) is 11.3 Å². The Morgan fingerprint density at radius 1 is 1.21 bits per heavy atom. The van der Waals surface area contributed by atoms with E-state index in [0.29, 0.717) is 0 Å². The van der Waals surface area contributed by atoms with Gasteiger partial charge in [0.05, 0.1) is 25.7 Å². The maximum absolute atomic E-state index is 5.56. The number of guanidine groups is 1. The van der Waals surface area contributed by atoms with Crippen molar-refractivity contribution in [2.45, 2.75) is 44.2 Å². The molecule has 1 aromatic rings. The quantitative estimate of drug-likeness (QED) is 0.637.